The number of nitrogens with zero attached hydrogens (tertiary/aromatic N) is 3. The molecule has 1 aliphatic rings. The summed E-state index contributed by atoms with van der Waals surface area (Å²) in [6.07, 6.45) is 3.53. The molecule has 132 valence electrons. The fourth-order valence-corrected chi connectivity index (χ4v) is 3.40. The Morgan fingerprint density at radius 1 is 1.20 bits per heavy atom. The number of aromatic nitrogens is 2. The molecule has 0 saturated carbocycles. The maximum Gasteiger partial charge on any atom is 0.274 e. The molecule has 0 atom stereocenters. The summed E-state index contributed by atoms with van der Waals surface area (Å²) in [6, 6.07) is 5.39. The fourth-order valence-electron chi connectivity index (χ4n) is 3.01. The van der Waals surface area contributed by atoms with Crippen LogP contribution in [0, 0.1) is 12.3 Å². The van der Waals surface area contributed by atoms with E-state index >= 15 is 0 Å². The van der Waals surface area contributed by atoms with Crippen molar-refractivity contribution in [1.29, 1.82) is 0 Å². The van der Waals surface area contributed by atoms with Crippen LogP contribution in [-0.4, -0.2) is 33.9 Å². The van der Waals surface area contributed by atoms with E-state index in [1.54, 1.807) is 6.07 Å². The van der Waals surface area contributed by atoms with Crippen LogP contribution in [0.15, 0.2) is 24.4 Å². The van der Waals surface area contributed by atoms with Gasteiger partial charge in [-0.15, -0.1) is 0 Å². The van der Waals surface area contributed by atoms with Crippen LogP contribution in [-0.2, 0) is 0 Å². The quantitative estimate of drug-likeness (QED) is 0.737. The molecule has 0 bridgehead atoms. The van der Waals surface area contributed by atoms with Crippen molar-refractivity contribution in [3.63, 3.8) is 0 Å². The molecule has 1 aromatic carbocycles. The minimum Gasteiger partial charge on any atom is -0.337 e. The average molecular weight is 378 g/mol. The predicted octanol–water partition coefficient (Wildman–Crippen LogP) is 5.02. The Morgan fingerprint density at radius 3 is 2.52 bits per heavy atom. The van der Waals surface area contributed by atoms with Gasteiger partial charge >= 0.3 is 0 Å². The minimum atomic E-state index is -0.0603. The number of aryl methyl sites for hydroxylation is 1. The van der Waals surface area contributed by atoms with Crippen LogP contribution in [0.5, 0.6) is 0 Å². The maximum atomic E-state index is 12.7. The summed E-state index contributed by atoms with van der Waals surface area (Å²) in [5.41, 5.74) is 2.69. The molecular weight excluding hydrogens is 357 g/mol. The van der Waals surface area contributed by atoms with Crippen molar-refractivity contribution in [2.24, 2.45) is 5.41 Å². The third-order valence-electron chi connectivity index (χ3n) is 4.78. The lowest BCUT2D eigenvalue weighted by Crippen LogP contribution is -2.41. The van der Waals surface area contributed by atoms with E-state index in [0.717, 1.165) is 31.5 Å². The highest BCUT2D eigenvalue weighted by Gasteiger charge is 2.29. The van der Waals surface area contributed by atoms with Gasteiger partial charge in [-0.3, -0.25) is 9.78 Å². The van der Waals surface area contributed by atoms with E-state index in [0.29, 0.717) is 32.5 Å². The van der Waals surface area contributed by atoms with Gasteiger partial charge in [-0.05, 0) is 31.2 Å². The van der Waals surface area contributed by atoms with E-state index in [-0.39, 0.29) is 5.91 Å². The lowest BCUT2D eigenvalue weighted by molar-refractivity contribution is 0.0624. The van der Waals surface area contributed by atoms with Crippen LogP contribution in [0.3, 0.4) is 0 Å². The second-order valence-corrected chi connectivity index (χ2v) is 8.03. The molecule has 0 radical (unpaired) electrons. The molecule has 1 amide bonds. The Morgan fingerprint density at radius 2 is 1.88 bits per heavy atom. The summed E-state index contributed by atoms with van der Waals surface area (Å²) in [6.45, 7) is 7.82. The molecular formula is C19H21Cl2N3O. The number of piperidine rings is 1. The first kappa shape index (κ1) is 18.2. The SMILES string of the molecule is Cc1nc(C(=O)N2CCC(C)(C)CC2)cnc1-c1cccc(Cl)c1Cl. The van der Waals surface area contributed by atoms with Gasteiger partial charge in [0.05, 0.1) is 27.6 Å². The van der Waals surface area contributed by atoms with E-state index in [1.807, 2.05) is 24.0 Å². The van der Waals surface area contributed by atoms with Crippen LogP contribution in [0.4, 0.5) is 0 Å². The first-order chi connectivity index (χ1) is 11.8. The van der Waals surface area contributed by atoms with Gasteiger partial charge in [0.2, 0.25) is 0 Å². The minimum absolute atomic E-state index is 0.0603. The topological polar surface area (TPSA) is 46.1 Å². The zero-order chi connectivity index (χ0) is 18.2. The standard InChI is InChI=1S/C19H21Cl2N3O/c1-12-17(13-5-4-6-14(20)16(13)21)22-11-15(23-12)18(25)24-9-7-19(2,3)8-10-24/h4-6,11H,7-10H2,1-3H3. The predicted molar refractivity (Wildman–Crippen MR) is 101 cm³/mol. The third-order valence-corrected chi connectivity index (χ3v) is 5.60. The van der Waals surface area contributed by atoms with Crippen molar-refractivity contribution in [2.45, 2.75) is 33.6 Å². The van der Waals surface area contributed by atoms with Crippen molar-refractivity contribution in [1.82, 2.24) is 14.9 Å². The monoisotopic (exact) mass is 377 g/mol. The molecule has 1 fully saturated rings. The van der Waals surface area contributed by atoms with Crippen molar-refractivity contribution < 1.29 is 4.79 Å². The number of amides is 1. The van der Waals surface area contributed by atoms with E-state index < -0.39 is 0 Å². The molecule has 2 heterocycles. The second kappa shape index (κ2) is 6.93. The summed E-state index contributed by atoms with van der Waals surface area (Å²) in [5, 5.41) is 0.912. The molecule has 3 rings (SSSR count). The average Bonchev–Trinajstić information content (AvgIpc) is 2.57. The van der Waals surface area contributed by atoms with Crippen LogP contribution < -0.4 is 0 Å². The summed E-state index contributed by atoms with van der Waals surface area (Å²) in [5.74, 6) is -0.0603. The van der Waals surface area contributed by atoms with Crippen LogP contribution >= 0.6 is 23.2 Å². The Balaban J connectivity index is 1.85. The van der Waals surface area contributed by atoms with Crippen LogP contribution in [0.2, 0.25) is 10.0 Å². The first-order valence-corrected chi connectivity index (χ1v) is 9.11. The molecule has 6 heteroatoms. The molecule has 0 unspecified atom stereocenters. The lowest BCUT2D eigenvalue weighted by Gasteiger charge is -2.36. The zero-order valence-electron chi connectivity index (χ0n) is 14.6. The highest BCUT2D eigenvalue weighted by atomic mass is 35.5. The van der Waals surface area contributed by atoms with E-state index in [2.05, 4.69) is 23.8 Å². The Hall–Kier alpha value is -1.65. The van der Waals surface area contributed by atoms with Crippen LogP contribution in [0.25, 0.3) is 11.3 Å². The third kappa shape index (κ3) is 3.80. The van der Waals surface area contributed by atoms with E-state index in [1.165, 1.54) is 6.20 Å². The van der Waals surface area contributed by atoms with Crippen molar-refractivity contribution >= 4 is 29.1 Å². The molecule has 2 aromatic rings. The number of benzene rings is 1. The molecule has 0 aliphatic carbocycles. The van der Waals surface area contributed by atoms with Gasteiger partial charge in [0.15, 0.2) is 0 Å². The Bertz CT molecular complexity index is 810. The molecule has 4 nitrogen and oxygen atoms in total. The fraction of sp³-hybridized carbons (Fsp3) is 0.421. The number of hydrogen-bond donors (Lipinski definition) is 0. The molecule has 1 aromatic heterocycles. The summed E-state index contributed by atoms with van der Waals surface area (Å²) < 4.78 is 0. The number of likely N-dealkylation sites (tertiary alicyclic amines) is 1. The maximum absolute atomic E-state index is 12.7. The molecule has 1 saturated heterocycles. The molecule has 25 heavy (non-hydrogen) atoms. The highest BCUT2D eigenvalue weighted by Crippen LogP contribution is 2.34. The smallest absolute Gasteiger partial charge is 0.274 e. The van der Waals surface area contributed by atoms with Gasteiger partial charge in [-0.1, -0.05) is 49.2 Å². The van der Waals surface area contributed by atoms with Gasteiger partial charge in [0.1, 0.15) is 5.69 Å². The van der Waals surface area contributed by atoms with Gasteiger partial charge < -0.3 is 4.90 Å². The number of carbonyl (C=O) groups excluding carboxylic acids is 1. The van der Waals surface area contributed by atoms with Gasteiger partial charge in [0, 0.05) is 18.7 Å². The Kier molecular flexibility index (Phi) is 5.03. The van der Waals surface area contributed by atoms with Crippen molar-refractivity contribution in [2.75, 3.05) is 13.1 Å². The van der Waals surface area contributed by atoms with Crippen LogP contribution in [0.1, 0.15) is 42.9 Å². The second-order valence-electron chi connectivity index (χ2n) is 7.25. The number of carbonyl (C=O) groups is 1. The van der Waals surface area contributed by atoms with Crippen molar-refractivity contribution in [3.05, 3.63) is 45.8 Å². The summed E-state index contributed by atoms with van der Waals surface area (Å²) in [7, 11) is 0. The molecule has 0 spiro atoms. The normalized spacial score (nSPS) is 16.8. The van der Waals surface area contributed by atoms with Gasteiger partial charge in [-0.2, -0.15) is 0 Å². The van der Waals surface area contributed by atoms with Gasteiger partial charge in [0.25, 0.3) is 5.91 Å². The highest BCUT2D eigenvalue weighted by molar-refractivity contribution is 6.43. The van der Waals surface area contributed by atoms with E-state index in [9.17, 15) is 4.79 Å². The van der Waals surface area contributed by atoms with Crippen molar-refractivity contribution in [3.8, 4) is 11.3 Å². The summed E-state index contributed by atoms with van der Waals surface area (Å²) in [4.78, 5) is 23.5. The number of hydrogen-bond acceptors (Lipinski definition) is 3. The largest absolute Gasteiger partial charge is 0.337 e. The molecule has 0 N–H and O–H groups in total. The first-order valence-electron chi connectivity index (χ1n) is 8.36. The Labute approximate surface area is 158 Å². The van der Waals surface area contributed by atoms with Gasteiger partial charge in [-0.25, -0.2) is 4.98 Å². The van der Waals surface area contributed by atoms with E-state index in [4.69, 9.17) is 23.2 Å². The lowest BCUT2D eigenvalue weighted by atomic mass is 9.82. The summed E-state index contributed by atoms with van der Waals surface area (Å²) >= 11 is 12.4. The number of halogens is 2. The zero-order valence-corrected chi connectivity index (χ0v) is 16.2. The molecule has 1 aliphatic heterocycles. The number of rotatable bonds is 2.